The number of fused-ring (bicyclic) bond motifs is 1. The summed E-state index contributed by atoms with van der Waals surface area (Å²) in [6, 6.07) is 4.72. The lowest BCUT2D eigenvalue weighted by molar-refractivity contribution is 0.309. The van der Waals surface area contributed by atoms with Crippen LogP contribution in [0.3, 0.4) is 0 Å². The zero-order chi connectivity index (χ0) is 12.9. The van der Waals surface area contributed by atoms with E-state index in [0.717, 1.165) is 24.3 Å². The third kappa shape index (κ3) is 1.77. The van der Waals surface area contributed by atoms with E-state index in [1.165, 1.54) is 31.5 Å². The van der Waals surface area contributed by atoms with Gasteiger partial charge in [-0.25, -0.2) is 9.97 Å². The van der Waals surface area contributed by atoms with Crippen LogP contribution in [0.15, 0.2) is 18.3 Å². The van der Waals surface area contributed by atoms with E-state index in [1.807, 2.05) is 12.3 Å². The zero-order valence-corrected chi connectivity index (χ0v) is 11.4. The summed E-state index contributed by atoms with van der Waals surface area (Å²) in [7, 11) is 0. The highest BCUT2D eigenvalue weighted by Gasteiger charge is 2.38. The largest absolute Gasteiger partial charge is 0.317 e. The normalized spacial score (nSPS) is 22.8. The molecule has 2 aromatic rings. The molecule has 3 heterocycles. The van der Waals surface area contributed by atoms with E-state index in [-0.39, 0.29) is 5.41 Å². The van der Waals surface area contributed by atoms with Crippen molar-refractivity contribution in [2.75, 3.05) is 13.1 Å². The van der Waals surface area contributed by atoms with Crippen molar-refractivity contribution in [1.82, 2.24) is 19.9 Å². The van der Waals surface area contributed by atoms with Gasteiger partial charge in [-0.05, 0) is 50.9 Å². The van der Waals surface area contributed by atoms with Crippen molar-refractivity contribution in [2.24, 2.45) is 0 Å². The number of pyridine rings is 1. The highest BCUT2D eigenvalue weighted by atomic mass is 15.2. The van der Waals surface area contributed by atoms with Crippen LogP contribution < -0.4 is 5.32 Å². The number of rotatable bonds is 2. The lowest BCUT2D eigenvalue weighted by Gasteiger charge is -2.33. The molecule has 1 N–H and O–H groups in total. The Morgan fingerprint density at radius 3 is 2.84 bits per heavy atom. The van der Waals surface area contributed by atoms with Gasteiger partial charge in [0.25, 0.3) is 0 Å². The molecule has 0 unspecified atom stereocenters. The molecule has 0 spiro atoms. The second-order valence-corrected chi connectivity index (χ2v) is 6.19. The first-order valence-electron chi connectivity index (χ1n) is 7.32. The van der Waals surface area contributed by atoms with Crippen LogP contribution in [0.1, 0.15) is 44.5 Å². The van der Waals surface area contributed by atoms with Gasteiger partial charge in [0.05, 0.1) is 0 Å². The van der Waals surface area contributed by atoms with Gasteiger partial charge in [-0.1, -0.05) is 6.92 Å². The molecule has 4 heteroatoms. The van der Waals surface area contributed by atoms with E-state index in [0.29, 0.717) is 6.04 Å². The second-order valence-electron chi connectivity index (χ2n) is 6.19. The molecule has 2 fully saturated rings. The second kappa shape index (κ2) is 4.04. The third-order valence-electron chi connectivity index (χ3n) is 4.61. The monoisotopic (exact) mass is 256 g/mol. The number of piperidine rings is 1. The van der Waals surface area contributed by atoms with Crippen molar-refractivity contribution in [3.63, 3.8) is 0 Å². The van der Waals surface area contributed by atoms with Gasteiger partial charge in [-0.15, -0.1) is 0 Å². The van der Waals surface area contributed by atoms with Crippen molar-refractivity contribution in [3.05, 3.63) is 24.2 Å². The highest BCUT2D eigenvalue weighted by Crippen LogP contribution is 2.43. The van der Waals surface area contributed by atoms with E-state index >= 15 is 0 Å². The Balaban J connectivity index is 1.90. The van der Waals surface area contributed by atoms with Gasteiger partial charge < -0.3 is 9.88 Å². The summed E-state index contributed by atoms with van der Waals surface area (Å²) in [6.07, 6.45) is 6.79. The summed E-state index contributed by atoms with van der Waals surface area (Å²) in [5.74, 6) is 1.27. The molecule has 2 aliphatic rings. The Kier molecular flexibility index (Phi) is 2.42. The molecule has 19 heavy (non-hydrogen) atoms. The van der Waals surface area contributed by atoms with Gasteiger partial charge in [0.2, 0.25) is 0 Å². The van der Waals surface area contributed by atoms with Crippen molar-refractivity contribution in [3.8, 4) is 0 Å². The predicted molar refractivity (Wildman–Crippen MR) is 75.3 cm³/mol. The molecule has 1 aliphatic heterocycles. The summed E-state index contributed by atoms with van der Waals surface area (Å²) >= 11 is 0. The molecule has 0 atom stereocenters. The van der Waals surface area contributed by atoms with E-state index in [9.17, 15) is 0 Å². The molecule has 100 valence electrons. The van der Waals surface area contributed by atoms with Crippen molar-refractivity contribution in [1.29, 1.82) is 0 Å². The predicted octanol–water partition coefficient (Wildman–Crippen LogP) is 2.41. The van der Waals surface area contributed by atoms with Crippen LogP contribution in [-0.4, -0.2) is 27.6 Å². The number of hydrogen-bond donors (Lipinski definition) is 1. The number of imidazole rings is 1. The van der Waals surface area contributed by atoms with E-state index in [1.54, 1.807) is 0 Å². The number of hydrogen-bond acceptors (Lipinski definition) is 3. The molecule has 0 bridgehead atoms. The van der Waals surface area contributed by atoms with E-state index in [4.69, 9.17) is 4.98 Å². The van der Waals surface area contributed by atoms with Crippen LogP contribution >= 0.6 is 0 Å². The molecular weight excluding hydrogens is 236 g/mol. The molecule has 4 rings (SSSR count). The fourth-order valence-electron chi connectivity index (χ4n) is 3.24. The molecule has 1 saturated heterocycles. The van der Waals surface area contributed by atoms with Crippen molar-refractivity contribution >= 4 is 11.2 Å². The Morgan fingerprint density at radius 2 is 2.11 bits per heavy atom. The summed E-state index contributed by atoms with van der Waals surface area (Å²) in [5, 5.41) is 3.46. The Hall–Kier alpha value is -1.42. The van der Waals surface area contributed by atoms with Crippen LogP contribution in [0.25, 0.3) is 11.2 Å². The smallest absolute Gasteiger partial charge is 0.160 e. The third-order valence-corrected chi connectivity index (χ3v) is 4.61. The number of nitrogens with one attached hydrogen (secondary N) is 1. The Morgan fingerprint density at radius 1 is 1.32 bits per heavy atom. The molecule has 0 radical (unpaired) electrons. The van der Waals surface area contributed by atoms with Crippen molar-refractivity contribution in [2.45, 2.75) is 44.1 Å². The van der Waals surface area contributed by atoms with Crippen LogP contribution in [0.5, 0.6) is 0 Å². The molecule has 4 nitrogen and oxygen atoms in total. The maximum absolute atomic E-state index is 4.94. The maximum atomic E-state index is 4.94. The van der Waals surface area contributed by atoms with Crippen LogP contribution in [0, 0.1) is 0 Å². The zero-order valence-electron chi connectivity index (χ0n) is 11.4. The van der Waals surface area contributed by atoms with Crippen LogP contribution in [0.4, 0.5) is 0 Å². The average molecular weight is 256 g/mol. The molecule has 2 aromatic heterocycles. The van der Waals surface area contributed by atoms with Gasteiger partial charge in [0, 0.05) is 17.7 Å². The quantitative estimate of drug-likeness (QED) is 0.897. The average Bonchev–Trinajstić information content (AvgIpc) is 3.19. The van der Waals surface area contributed by atoms with Crippen molar-refractivity contribution < 1.29 is 0 Å². The fraction of sp³-hybridized carbons (Fsp3) is 0.600. The highest BCUT2D eigenvalue weighted by molar-refractivity contribution is 5.72. The standard InChI is InChI=1S/C15H20N4/c1-15(6-9-16-10-7-15)14-18-12-3-2-8-17-13(12)19(14)11-4-5-11/h2-3,8,11,16H,4-7,9-10H2,1H3. The molecular formula is C15H20N4. The minimum absolute atomic E-state index is 0.203. The minimum atomic E-state index is 0.203. The van der Waals surface area contributed by atoms with Crippen LogP contribution in [0.2, 0.25) is 0 Å². The van der Waals surface area contributed by atoms with Gasteiger partial charge in [-0.2, -0.15) is 0 Å². The maximum Gasteiger partial charge on any atom is 0.160 e. The lowest BCUT2D eigenvalue weighted by atomic mass is 9.80. The van der Waals surface area contributed by atoms with Crippen LogP contribution in [-0.2, 0) is 5.41 Å². The molecule has 1 aliphatic carbocycles. The Labute approximate surface area is 113 Å². The summed E-state index contributed by atoms with van der Waals surface area (Å²) in [4.78, 5) is 9.52. The SMILES string of the molecule is CC1(c2nc3cccnc3n2C2CC2)CCNCC1. The minimum Gasteiger partial charge on any atom is -0.317 e. The summed E-state index contributed by atoms with van der Waals surface area (Å²) in [5.41, 5.74) is 2.35. The molecule has 0 aromatic carbocycles. The lowest BCUT2D eigenvalue weighted by Crippen LogP contribution is -2.39. The van der Waals surface area contributed by atoms with E-state index < -0.39 is 0 Å². The Bertz CT molecular complexity index is 606. The number of aromatic nitrogens is 3. The summed E-state index contributed by atoms with van der Waals surface area (Å²) in [6.45, 7) is 4.56. The first-order chi connectivity index (χ1) is 9.28. The topological polar surface area (TPSA) is 42.7 Å². The summed E-state index contributed by atoms with van der Waals surface area (Å²) < 4.78 is 2.43. The van der Waals surface area contributed by atoms with Gasteiger partial charge in [0.15, 0.2) is 5.65 Å². The van der Waals surface area contributed by atoms with E-state index in [2.05, 4.69) is 27.9 Å². The molecule has 0 amide bonds. The number of nitrogens with zero attached hydrogens (tertiary/aromatic N) is 3. The first-order valence-corrected chi connectivity index (χ1v) is 7.32. The first kappa shape index (κ1) is 11.4. The molecule has 1 saturated carbocycles. The van der Waals surface area contributed by atoms with Gasteiger partial charge in [-0.3, -0.25) is 0 Å². The van der Waals surface area contributed by atoms with Gasteiger partial charge in [0.1, 0.15) is 11.3 Å². The fourth-order valence-corrected chi connectivity index (χ4v) is 3.24. The van der Waals surface area contributed by atoms with Gasteiger partial charge >= 0.3 is 0 Å².